The number of benzene rings is 3. The van der Waals surface area contributed by atoms with Crippen LogP contribution in [0.2, 0.25) is 0 Å². The number of rotatable bonds is 9. The summed E-state index contributed by atoms with van der Waals surface area (Å²) in [5.74, 6) is -2.84. The van der Waals surface area contributed by atoms with Crippen LogP contribution in [0.25, 0.3) is 11.3 Å². The molecule has 0 spiro atoms. The lowest BCUT2D eigenvalue weighted by atomic mass is 9.95. The molecule has 5 aromatic rings. The van der Waals surface area contributed by atoms with Crippen LogP contribution in [0.3, 0.4) is 0 Å². The van der Waals surface area contributed by atoms with Crippen LogP contribution in [0.5, 0.6) is 0 Å². The number of aryl methyl sites for hydroxylation is 4. The predicted molar refractivity (Wildman–Crippen MR) is 241 cm³/mol. The van der Waals surface area contributed by atoms with Crippen molar-refractivity contribution in [2.24, 2.45) is 11.7 Å². The average molecular weight is 872 g/mol. The quantitative estimate of drug-likeness (QED) is 0.132. The van der Waals surface area contributed by atoms with Crippen LogP contribution >= 0.6 is 0 Å². The van der Waals surface area contributed by atoms with E-state index in [2.05, 4.69) is 58.9 Å². The summed E-state index contributed by atoms with van der Waals surface area (Å²) >= 11 is 0. The minimum atomic E-state index is -1.06. The van der Waals surface area contributed by atoms with Crippen molar-refractivity contribution in [1.82, 2.24) is 25.0 Å². The third-order valence-corrected chi connectivity index (χ3v) is 13.0. The van der Waals surface area contributed by atoms with Gasteiger partial charge in [-0.3, -0.25) is 29.5 Å². The van der Waals surface area contributed by atoms with Crippen molar-refractivity contribution >= 4 is 58.1 Å². The third kappa shape index (κ3) is 8.34. The zero-order chi connectivity index (χ0) is 44.8. The van der Waals surface area contributed by atoms with E-state index in [4.69, 9.17) is 5.73 Å². The molecule has 5 N–H and O–H groups in total. The van der Waals surface area contributed by atoms with Crippen molar-refractivity contribution in [3.05, 3.63) is 106 Å². The van der Waals surface area contributed by atoms with Gasteiger partial charge in [0.2, 0.25) is 5.91 Å². The maximum atomic E-state index is 16.1. The molecule has 4 aliphatic rings. The number of amides is 5. The second-order valence-corrected chi connectivity index (χ2v) is 17.2. The Balaban J connectivity index is 0.816. The summed E-state index contributed by atoms with van der Waals surface area (Å²) in [4.78, 5) is 63.4. The molecule has 15 nitrogen and oxygen atoms in total. The molecule has 64 heavy (non-hydrogen) atoms. The first-order valence-electron chi connectivity index (χ1n) is 21.8. The average Bonchev–Trinajstić information content (AvgIpc) is 3.52. The standard InChI is InChI=1S/C47H51F2N11O4/c1-27-23-32(8-10-37(27)59-17-14-39(61)54-47(59)64)57-15-11-30(12-16-57)26-56-19-21-58(22-20-56)33-7-9-36-31(24-33)13-18-60-45(52-36)41(44(50)62)43(55-60)40-35(48)25-34(29(3)42(40)49)46(63)53-38-6-4-5-28(2)51-38/h4-10,23-25,30,52H,11-22,26H2,1-3H3,(H2,50,62)(H,51,53,63)(H,54,61,64). The van der Waals surface area contributed by atoms with Crippen LogP contribution in [-0.2, 0) is 17.8 Å². The number of carbonyl (C=O) groups excluding carboxylic acids is 4. The van der Waals surface area contributed by atoms with E-state index in [9.17, 15) is 19.2 Å². The summed E-state index contributed by atoms with van der Waals surface area (Å²) in [6, 6.07) is 18.0. The number of nitrogens with one attached hydrogen (secondary N) is 3. The molecule has 4 aliphatic heterocycles. The number of hydrogen-bond acceptors (Lipinski definition) is 10. The monoisotopic (exact) mass is 871 g/mol. The van der Waals surface area contributed by atoms with Gasteiger partial charge in [-0.1, -0.05) is 6.07 Å². The lowest BCUT2D eigenvalue weighted by Gasteiger charge is -2.40. The fourth-order valence-electron chi connectivity index (χ4n) is 9.45. The zero-order valence-corrected chi connectivity index (χ0v) is 36.1. The van der Waals surface area contributed by atoms with Gasteiger partial charge in [0.05, 0.1) is 5.56 Å². The number of hydrogen-bond donors (Lipinski definition) is 4. The smallest absolute Gasteiger partial charge is 0.328 e. The lowest BCUT2D eigenvalue weighted by molar-refractivity contribution is -0.120. The summed E-state index contributed by atoms with van der Waals surface area (Å²) in [6.45, 7) is 12.5. The summed E-state index contributed by atoms with van der Waals surface area (Å²) in [7, 11) is 0. The number of primary amides is 1. The number of anilines is 6. The molecule has 0 bridgehead atoms. The molecule has 0 radical (unpaired) electrons. The van der Waals surface area contributed by atoms with Gasteiger partial charge < -0.3 is 26.2 Å². The van der Waals surface area contributed by atoms with E-state index < -0.39 is 29.0 Å². The second-order valence-electron chi connectivity index (χ2n) is 17.2. The van der Waals surface area contributed by atoms with Gasteiger partial charge in [-0.2, -0.15) is 5.10 Å². The van der Waals surface area contributed by atoms with Crippen LogP contribution in [0, 0.1) is 38.3 Å². The van der Waals surface area contributed by atoms with Crippen molar-refractivity contribution in [3.8, 4) is 11.3 Å². The Labute approximate surface area is 369 Å². The number of piperazine rings is 1. The Morgan fingerprint density at radius 1 is 0.844 bits per heavy atom. The predicted octanol–water partition coefficient (Wildman–Crippen LogP) is 6.28. The Bertz CT molecular complexity index is 2690. The molecule has 3 fully saturated rings. The van der Waals surface area contributed by atoms with E-state index in [-0.39, 0.29) is 46.0 Å². The van der Waals surface area contributed by atoms with Crippen LogP contribution in [0.15, 0.2) is 60.7 Å². The summed E-state index contributed by atoms with van der Waals surface area (Å²) in [6.07, 6.45) is 3.05. The van der Waals surface area contributed by atoms with Gasteiger partial charge in [0.1, 0.15) is 34.5 Å². The van der Waals surface area contributed by atoms with Gasteiger partial charge in [-0.15, -0.1) is 0 Å². The van der Waals surface area contributed by atoms with Gasteiger partial charge in [0.15, 0.2) is 0 Å². The number of nitrogens with zero attached hydrogens (tertiary/aromatic N) is 7. The van der Waals surface area contributed by atoms with Crippen molar-refractivity contribution in [2.75, 3.05) is 77.7 Å². The first-order chi connectivity index (χ1) is 30.8. The molecular formula is C47H51F2N11O4. The van der Waals surface area contributed by atoms with Gasteiger partial charge in [-0.05, 0) is 117 Å². The molecule has 9 rings (SSSR count). The molecular weight excluding hydrogens is 821 g/mol. The van der Waals surface area contributed by atoms with Crippen molar-refractivity contribution in [2.45, 2.75) is 53.0 Å². The number of pyridine rings is 1. The van der Waals surface area contributed by atoms with Crippen LogP contribution < -0.4 is 36.4 Å². The fraction of sp³-hybridized carbons (Fsp3) is 0.362. The van der Waals surface area contributed by atoms with E-state index in [0.29, 0.717) is 37.5 Å². The number of fused-ring (bicyclic) bond motifs is 2. The molecule has 3 saturated heterocycles. The molecule has 17 heteroatoms. The highest BCUT2D eigenvalue weighted by Crippen LogP contribution is 2.39. The molecule has 332 valence electrons. The maximum Gasteiger partial charge on any atom is 0.328 e. The molecule has 3 aromatic carbocycles. The van der Waals surface area contributed by atoms with Gasteiger partial charge in [0.25, 0.3) is 11.8 Å². The van der Waals surface area contributed by atoms with E-state index >= 15 is 8.78 Å². The summed E-state index contributed by atoms with van der Waals surface area (Å²) < 4.78 is 33.6. The third-order valence-electron chi connectivity index (χ3n) is 13.0. The molecule has 0 saturated carbocycles. The Hall–Kier alpha value is -6.88. The highest BCUT2D eigenvalue weighted by molar-refractivity contribution is 6.07. The number of nitrogens with two attached hydrogens (primary N) is 1. The van der Waals surface area contributed by atoms with Crippen molar-refractivity contribution < 1.29 is 28.0 Å². The normalized spacial score (nSPS) is 17.0. The Morgan fingerprint density at radius 3 is 2.30 bits per heavy atom. The summed E-state index contributed by atoms with van der Waals surface area (Å²) in [5, 5.41) is 12.8. The fourth-order valence-corrected chi connectivity index (χ4v) is 9.45. The number of carbonyl (C=O) groups is 4. The molecule has 0 unspecified atom stereocenters. The van der Waals surface area contributed by atoms with Crippen LogP contribution in [0.4, 0.5) is 48.0 Å². The Kier molecular flexibility index (Phi) is 11.5. The highest BCUT2D eigenvalue weighted by Gasteiger charge is 2.32. The number of imide groups is 1. The lowest BCUT2D eigenvalue weighted by Crippen LogP contribution is -2.49. The number of piperidine rings is 1. The molecule has 5 amide bonds. The van der Waals surface area contributed by atoms with E-state index in [1.165, 1.54) is 11.6 Å². The van der Waals surface area contributed by atoms with E-state index in [1.54, 1.807) is 30.0 Å². The van der Waals surface area contributed by atoms with Crippen molar-refractivity contribution in [1.29, 1.82) is 0 Å². The highest BCUT2D eigenvalue weighted by atomic mass is 19.1. The van der Waals surface area contributed by atoms with Gasteiger partial charge in [-0.25, -0.2) is 23.2 Å². The topological polar surface area (TPSA) is 174 Å². The maximum absolute atomic E-state index is 16.1. The molecule has 2 aromatic heterocycles. The zero-order valence-electron chi connectivity index (χ0n) is 36.1. The second kappa shape index (κ2) is 17.4. The van der Waals surface area contributed by atoms with E-state index in [0.717, 1.165) is 98.6 Å². The first kappa shape index (κ1) is 42.4. The minimum absolute atomic E-state index is 0.115. The van der Waals surface area contributed by atoms with Crippen LogP contribution in [-0.4, -0.2) is 95.8 Å². The molecule has 0 aliphatic carbocycles. The first-order valence-corrected chi connectivity index (χ1v) is 21.8. The van der Waals surface area contributed by atoms with Gasteiger partial charge in [0, 0.05) is 99.3 Å². The largest absolute Gasteiger partial charge is 0.372 e. The van der Waals surface area contributed by atoms with Crippen molar-refractivity contribution in [3.63, 3.8) is 0 Å². The number of urea groups is 1. The van der Waals surface area contributed by atoms with E-state index in [1.807, 2.05) is 25.1 Å². The Morgan fingerprint density at radius 2 is 1.58 bits per heavy atom. The number of aromatic nitrogens is 3. The summed E-state index contributed by atoms with van der Waals surface area (Å²) in [5.41, 5.74) is 11.2. The molecule has 6 heterocycles. The molecule has 0 atom stereocenters. The number of halogens is 2. The minimum Gasteiger partial charge on any atom is -0.372 e. The SMILES string of the molecule is Cc1cccc(NC(=O)c2cc(F)c(-c3nn4c(c3C(N)=O)Nc3ccc(N5CCN(CC6CCN(c7ccc(N8CCC(=O)NC8=O)c(C)c7)CC6)CC5)cc3CC4)c(F)c2C)n1. The van der Waals surface area contributed by atoms with Gasteiger partial charge >= 0.3 is 6.03 Å². The van der Waals surface area contributed by atoms with Crippen LogP contribution in [0.1, 0.15) is 62.4 Å².